The van der Waals surface area contributed by atoms with Gasteiger partial charge in [-0.05, 0) is 62.2 Å². The van der Waals surface area contributed by atoms with Crippen LogP contribution in [0.15, 0.2) is 47.4 Å². The minimum absolute atomic E-state index is 0.147. The van der Waals surface area contributed by atoms with Crippen molar-refractivity contribution in [3.8, 4) is 5.75 Å². The molecular formula is C19H23ClN2O4S. The first kappa shape index (κ1) is 21.2. The fourth-order valence-electron chi connectivity index (χ4n) is 2.21. The van der Waals surface area contributed by atoms with Gasteiger partial charge in [0.1, 0.15) is 5.75 Å². The molecule has 0 saturated carbocycles. The van der Waals surface area contributed by atoms with Gasteiger partial charge in [-0.25, -0.2) is 13.1 Å². The predicted molar refractivity (Wildman–Crippen MR) is 107 cm³/mol. The molecule has 0 fully saturated rings. The average molecular weight is 411 g/mol. The van der Waals surface area contributed by atoms with Crippen molar-refractivity contribution < 1.29 is 17.9 Å². The fourth-order valence-corrected chi connectivity index (χ4v) is 3.71. The zero-order valence-corrected chi connectivity index (χ0v) is 17.0. The molecule has 2 aromatic rings. The minimum Gasteiger partial charge on any atom is -0.484 e. The van der Waals surface area contributed by atoms with Gasteiger partial charge in [-0.2, -0.15) is 0 Å². The van der Waals surface area contributed by atoms with Gasteiger partial charge < -0.3 is 10.1 Å². The summed E-state index contributed by atoms with van der Waals surface area (Å²) in [4.78, 5) is 12.2. The summed E-state index contributed by atoms with van der Waals surface area (Å²) in [6.45, 7) is 5.31. The van der Waals surface area contributed by atoms with Crippen LogP contribution in [0, 0.1) is 6.92 Å². The lowest BCUT2D eigenvalue weighted by atomic mass is 10.2. The summed E-state index contributed by atoms with van der Waals surface area (Å²) in [5.41, 5.74) is 1.39. The van der Waals surface area contributed by atoms with E-state index in [0.717, 1.165) is 5.56 Å². The van der Waals surface area contributed by atoms with Crippen LogP contribution in [-0.4, -0.2) is 27.0 Å². The highest BCUT2D eigenvalue weighted by atomic mass is 35.5. The maximum Gasteiger partial charge on any atom is 0.262 e. The molecule has 1 atom stereocenters. The Bertz CT molecular complexity index is 898. The number of carbonyl (C=O) groups excluding carboxylic acids is 1. The number of halogens is 1. The van der Waals surface area contributed by atoms with Crippen LogP contribution in [0.1, 0.15) is 25.8 Å². The highest BCUT2D eigenvalue weighted by molar-refractivity contribution is 7.89. The minimum atomic E-state index is -3.57. The van der Waals surface area contributed by atoms with Crippen LogP contribution in [0.2, 0.25) is 5.02 Å². The lowest BCUT2D eigenvalue weighted by Gasteiger charge is -2.13. The van der Waals surface area contributed by atoms with Crippen molar-refractivity contribution in [3.63, 3.8) is 0 Å². The molecule has 0 radical (unpaired) electrons. The van der Waals surface area contributed by atoms with E-state index in [1.54, 1.807) is 25.1 Å². The summed E-state index contributed by atoms with van der Waals surface area (Å²) in [5.74, 6) is 0.0611. The van der Waals surface area contributed by atoms with Crippen LogP contribution in [0.25, 0.3) is 0 Å². The van der Waals surface area contributed by atoms with Crippen LogP contribution in [0.3, 0.4) is 0 Å². The van der Waals surface area contributed by atoms with Crippen LogP contribution >= 0.6 is 11.6 Å². The van der Waals surface area contributed by atoms with E-state index < -0.39 is 10.0 Å². The predicted octanol–water partition coefficient (Wildman–Crippen LogP) is 3.74. The molecule has 0 bridgehead atoms. The lowest BCUT2D eigenvalue weighted by Crippen LogP contribution is -2.31. The quantitative estimate of drug-likeness (QED) is 0.694. The summed E-state index contributed by atoms with van der Waals surface area (Å²) in [7, 11) is -3.57. The molecule has 146 valence electrons. The highest BCUT2D eigenvalue weighted by Gasteiger charge is 2.16. The molecule has 0 spiro atoms. The first-order valence-electron chi connectivity index (χ1n) is 8.53. The summed E-state index contributed by atoms with van der Waals surface area (Å²) >= 11 is 6.03. The van der Waals surface area contributed by atoms with E-state index in [0.29, 0.717) is 22.9 Å². The molecule has 2 rings (SSSR count). The third-order valence-corrected chi connectivity index (χ3v) is 6.03. The van der Waals surface area contributed by atoms with Crippen molar-refractivity contribution >= 4 is 33.2 Å². The molecular weight excluding hydrogens is 388 g/mol. The monoisotopic (exact) mass is 410 g/mol. The molecule has 1 amide bonds. The summed E-state index contributed by atoms with van der Waals surface area (Å²) < 4.78 is 32.4. The second-order valence-electron chi connectivity index (χ2n) is 6.15. The van der Waals surface area contributed by atoms with Gasteiger partial charge in [-0.3, -0.25) is 4.79 Å². The molecule has 0 aliphatic rings. The lowest BCUT2D eigenvalue weighted by molar-refractivity contribution is -0.118. The summed E-state index contributed by atoms with van der Waals surface area (Å²) in [6.07, 6.45) is 0.696. The van der Waals surface area contributed by atoms with Gasteiger partial charge >= 0.3 is 0 Å². The normalized spacial score (nSPS) is 12.4. The Morgan fingerprint density at radius 2 is 1.85 bits per heavy atom. The van der Waals surface area contributed by atoms with Crippen molar-refractivity contribution in [3.05, 3.63) is 53.1 Å². The third kappa shape index (κ3) is 5.95. The maximum atomic E-state index is 12.2. The van der Waals surface area contributed by atoms with E-state index in [1.165, 1.54) is 24.3 Å². The zero-order valence-electron chi connectivity index (χ0n) is 15.5. The van der Waals surface area contributed by atoms with Crippen LogP contribution in [0.5, 0.6) is 5.75 Å². The molecule has 0 aromatic heterocycles. The maximum absolute atomic E-state index is 12.2. The highest BCUT2D eigenvalue weighted by Crippen LogP contribution is 2.23. The number of benzene rings is 2. The molecule has 2 aromatic carbocycles. The summed E-state index contributed by atoms with van der Waals surface area (Å²) in [5, 5.41) is 3.30. The smallest absolute Gasteiger partial charge is 0.262 e. The molecule has 0 saturated heterocycles. The first-order chi connectivity index (χ1) is 12.7. The number of sulfonamides is 1. The second kappa shape index (κ2) is 9.21. The molecule has 6 nitrogen and oxygen atoms in total. The Morgan fingerprint density at radius 1 is 1.19 bits per heavy atom. The number of amides is 1. The van der Waals surface area contributed by atoms with Gasteiger partial charge in [-0.1, -0.05) is 24.6 Å². The molecule has 2 N–H and O–H groups in total. The molecule has 27 heavy (non-hydrogen) atoms. The summed E-state index contributed by atoms with van der Waals surface area (Å²) in [6, 6.07) is 11.0. The average Bonchev–Trinajstić information content (AvgIpc) is 2.63. The zero-order chi connectivity index (χ0) is 20.0. The van der Waals surface area contributed by atoms with Crippen molar-refractivity contribution in [1.82, 2.24) is 4.72 Å². The van der Waals surface area contributed by atoms with Crippen molar-refractivity contribution in [1.29, 1.82) is 0 Å². The van der Waals surface area contributed by atoms with Crippen molar-refractivity contribution in [2.45, 2.75) is 38.1 Å². The van der Waals surface area contributed by atoms with E-state index in [4.69, 9.17) is 16.3 Å². The molecule has 0 unspecified atom stereocenters. The number of carbonyl (C=O) groups is 1. The second-order valence-corrected chi connectivity index (χ2v) is 8.27. The molecule has 0 heterocycles. The topological polar surface area (TPSA) is 84.5 Å². The molecule has 8 heteroatoms. The molecule has 0 aliphatic carbocycles. The van der Waals surface area contributed by atoms with Crippen molar-refractivity contribution in [2.75, 3.05) is 11.9 Å². The van der Waals surface area contributed by atoms with Gasteiger partial charge in [0.25, 0.3) is 5.91 Å². The van der Waals surface area contributed by atoms with E-state index >= 15 is 0 Å². The Hall–Kier alpha value is -2.09. The third-order valence-electron chi connectivity index (χ3n) is 4.01. The van der Waals surface area contributed by atoms with E-state index in [-0.39, 0.29) is 23.5 Å². The SMILES string of the molecule is CC[C@@H](C)NS(=O)(=O)c1ccc(OCC(=O)Nc2cccc(Cl)c2C)cc1. The Balaban J connectivity index is 1.95. The van der Waals surface area contributed by atoms with Gasteiger partial charge in [-0.15, -0.1) is 0 Å². The number of hydrogen-bond donors (Lipinski definition) is 2. The largest absolute Gasteiger partial charge is 0.484 e. The number of anilines is 1. The molecule has 0 aliphatic heterocycles. The van der Waals surface area contributed by atoms with E-state index in [2.05, 4.69) is 10.0 Å². The van der Waals surface area contributed by atoms with Crippen molar-refractivity contribution in [2.24, 2.45) is 0 Å². The number of rotatable bonds is 8. The van der Waals surface area contributed by atoms with Crippen LogP contribution < -0.4 is 14.8 Å². The van der Waals surface area contributed by atoms with Gasteiger partial charge in [0.2, 0.25) is 10.0 Å². The van der Waals surface area contributed by atoms with Gasteiger partial charge in [0.15, 0.2) is 6.61 Å². The van der Waals surface area contributed by atoms with Crippen LogP contribution in [0.4, 0.5) is 5.69 Å². The van der Waals surface area contributed by atoms with E-state index in [1.807, 2.05) is 13.8 Å². The number of hydrogen-bond acceptors (Lipinski definition) is 4. The standard InChI is InChI=1S/C19H23ClN2O4S/c1-4-13(2)22-27(24,25)16-10-8-15(9-11-16)26-12-19(23)21-18-7-5-6-17(20)14(18)3/h5-11,13,22H,4,12H2,1-3H3,(H,21,23)/t13-/m1/s1. The fraction of sp³-hybridized carbons (Fsp3) is 0.316. The van der Waals surface area contributed by atoms with Gasteiger partial charge in [0, 0.05) is 16.8 Å². The first-order valence-corrected chi connectivity index (χ1v) is 10.4. The van der Waals surface area contributed by atoms with Crippen LogP contribution in [-0.2, 0) is 14.8 Å². The Labute approximate surface area is 164 Å². The number of ether oxygens (including phenoxy) is 1. The Kier molecular flexibility index (Phi) is 7.24. The number of nitrogens with one attached hydrogen (secondary N) is 2. The van der Waals surface area contributed by atoms with E-state index in [9.17, 15) is 13.2 Å². The Morgan fingerprint density at radius 3 is 2.48 bits per heavy atom. The van der Waals surface area contributed by atoms with Gasteiger partial charge in [0.05, 0.1) is 4.90 Å².